The molecule has 1 nitrogen and oxygen atoms in total. The van der Waals surface area contributed by atoms with E-state index in [0.29, 0.717) is 4.47 Å². The van der Waals surface area contributed by atoms with E-state index in [1.807, 2.05) is 0 Å². The predicted molar refractivity (Wildman–Crippen MR) is 66.4 cm³/mol. The lowest BCUT2D eigenvalue weighted by molar-refractivity contribution is -0.289. The molecule has 1 aromatic rings. The van der Waals surface area contributed by atoms with Crippen LogP contribution in [0.1, 0.15) is 5.56 Å². The van der Waals surface area contributed by atoms with Crippen molar-refractivity contribution in [1.82, 2.24) is 0 Å². The van der Waals surface area contributed by atoms with Crippen LogP contribution in [0.5, 0.6) is 0 Å². The molecule has 9 heteroatoms. The number of halogens is 8. The number of nitrogens with two attached hydrogens (primary N) is 1. The summed E-state index contributed by atoms with van der Waals surface area (Å²) in [5, 5.41) is 0.0536. The summed E-state index contributed by atoms with van der Waals surface area (Å²) in [7, 11) is 0. The molecule has 2 N–H and O–H groups in total. The van der Waals surface area contributed by atoms with Crippen molar-refractivity contribution in [1.29, 1.82) is 0 Å². The van der Waals surface area contributed by atoms with Gasteiger partial charge < -0.3 is 5.73 Å². The van der Waals surface area contributed by atoms with Gasteiger partial charge >= 0.3 is 12.4 Å². The van der Waals surface area contributed by atoms with E-state index in [-0.39, 0.29) is 10.6 Å². The van der Waals surface area contributed by atoms with Crippen molar-refractivity contribution in [2.75, 3.05) is 0 Å². The van der Waals surface area contributed by atoms with Crippen LogP contribution in [-0.2, 0) is 6.42 Å². The third-order valence-corrected chi connectivity index (χ3v) is 3.45. The summed E-state index contributed by atoms with van der Waals surface area (Å²) >= 11 is 8.84. The molecule has 0 bridgehead atoms. The maximum Gasteiger partial charge on any atom is 0.402 e. The Morgan fingerprint density at radius 1 is 1.10 bits per heavy atom. The van der Waals surface area contributed by atoms with Gasteiger partial charge in [0.05, 0.1) is 0 Å². The van der Waals surface area contributed by atoms with Crippen molar-refractivity contribution in [2.24, 2.45) is 11.7 Å². The number of benzene rings is 1. The minimum Gasteiger partial charge on any atom is -0.327 e. The summed E-state index contributed by atoms with van der Waals surface area (Å²) in [5.74, 6) is -3.59. The zero-order valence-corrected chi connectivity index (χ0v) is 12.0. The molecule has 0 fully saturated rings. The van der Waals surface area contributed by atoms with Crippen LogP contribution >= 0.6 is 27.5 Å². The average molecular weight is 385 g/mol. The van der Waals surface area contributed by atoms with Gasteiger partial charge in [-0.3, -0.25) is 0 Å². The number of alkyl halides is 6. The van der Waals surface area contributed by atoms with Crippen molar-refractivity contribution in [2.45, 2.75) is 24.8 Å². The summed E-state index contributed by atoms with van der Waals surface area (Å²) in [5.41, 5.74) is 5.24. The molecule has 0 heterocycles. The Hall–Kier alpha value is -0.470. The lowest BCUT2D eigenvalue weighted by atomic mass is 9.93. The van der Waals surface area contributed by atoms with E-state index in [9.17, 15) is 26.3 Å². The van der Waals surface area contributed by atoms with Gasteiger partial charge in [0.2, 0.25) is 0 Å². The first kappa shape index (κ1) is 17.6. The van der Waals surface area contributed by atoms with Crippen LogP contribution in [0.3, 0.4) is 0 Å². The van der Waals surface area contributed by atoms with Gasteiger partial charge in [-0.05, 0) is 24.1 Å². The molecular weight excluding hydrogens is 375 g/mol. The number of rotatable bonds is 3. The molecule has 1 aromatic carbocycles. The third-order valence-electron chi connectivity index (χ3n) is 2.60. The van der Waals surface area contributed by atoms with Crippen LogP contribution in [0.25, 0.3) is 0 Å². The van der Waals surface area contributed by atoms with E-state index in [0.717, 1.165) is 0 Å². The van der Waals surface area contributed by atoms with Crippen LogP contribution in [-0.4, -0.2) is 18.4 Å². The van der Waals surface area contributed by atoms with E-state index >= 15 is 0 Å². The monoisotopic (exact) mass is 383 g/mol. The molecule has 0 aliphatic rings. The summed E-state index contributed by atoms with van der Waals surface area (Å²) in [6, 6.07) is 2.01. The van der Waals surface area contributed by atoms with E-state index in [1.54, 1.807) is 0 Å². The van der Waals surface area contributed by atoms with Crippen LogP contribution < -0.4 is 5.73 Å². The van der Waals surface area contributed by atoms with Gasteiger partial charge in [0.25, 0.3) is 0 Å². The first-order valence-corrected chi connectivity index (χ1v) is 6.43. The number of hydrogen-bond donors (Lipinski definition) is 1. The first-order chi connectivity index (χ1) is 8.93. The quantitative estimate of drug-likeness (QED) is 0.750. The van der Waals surface area contributed by atoms with Crippen molar-refractivity contribution in [3.63, 3.8) is 0 Å². The normalized spacial score (nSPS) is 14.7. The van der Waals surface area contributed by atoms with Gasteiger partial charge in [-0.25, -0.2) is 0 Å². The minimum absolute atomic E-state index is 0.0536. The molecule has 0 saturated carbocycles. The number of hydrogen-bond acceptors (Lipinski definition) is 1. The smallest absolute Gasteiger partial charge is 0.327 e. The van der Waals surface area contributed by atoms with Crippen molar-refractivity contribution in [3.8, 4) is 0 Å². The summed E-state index contributed by atoms with van der Waals surface area (Å²) in [6.45, 7) is 0. The molecular formula is C11H9BrClF6N. The van der Waals surface area contributed by atoms with Crippen molar-refractivity contribution < 1.29 is 26.3 Å². The van der Waals surface area contributed by atoms with Crippen LogP contribution in [0.15, 0.2) is 22.7 Å². The lowest BCUT2D eigenvalue weighted by Gasteiger charge is -2.28. The van der Waals surface area contributed by atoms with Gasteiger partial charge in [-0.15, -0.1) is 0 Å². The van der Waals surface area contributed by atoms with Gasteiger partial charge in [0.15, 0.2) is 5.92 Å². The third kappa shape index (κ3) is 4.53. The maximum atomic E-state index is 12.5. The highest BCUT2D eigenvalue weighted by Crippen LogP contribution is 2.41. The van der Waals surface area contributed by atoms with E-state index in [2.05, 4.69) is 15.9 Å². The molecule has 0 radical (unpaired) electrons. The van der Waals surface area contributed by atoms with Crippen LogP contribution in [0, 0.1) is 5.92 Å². The second kappa shape index (κ2) is 6.11. The van der Waals surface area contributed by atoms with Crippen molar-refractivity contribution in [3.05, 3.63) is 33.3 Å². The van der Waals surface area contributed by atoms with Crippen LogP contribution in [0.4, 0.5) is 26.3 Å². The van der Waals surface area contributed by atoms with Crippen LogP contribution in [0.2, 0.25) is 5.02 Å². The lowest BCUT2D eigenvalue weighted by Crippen LogP contribution is -2.49. The van der Waals surface area contributed by atoms with Gasteiger partial charge in [0.1, 0.15) is 0 Å². The second-order valence-corrected chi connectivity index (χ2v) is 5.49. The summed E-state index contributed by atoms with van der Waals surface area (Å²) in [6.07, 6.45) is -11.5. The highest BCUT2D eigenvalue weighted by Gasteiger charge is 2.59. The van der Waals surface area contributed by atoms with Crippen molar-refractivity contribution >= 4 is 27.5 Å². The summed E-state index contributed by atoms with van der Waals surface area (Å²) in [4.78, 5) is 0. The molecule has 0 saturated heterocycles. The Morgan fingerprint density at radius 3 is 2.00 bits per heavy atom. The van der Waals surface area contributed by atoms with Gasteiger partial charge in [-0.2, -0.15) is 26.3 Å². The zero-order valence-electron chi connectivity index (χ0n) is 9.69. The molecule has 0 spiro atoms. The highest BCUT2D eigenvalue weighted by atomic mass is 79.9. The second-order valence-electron chi connectivity index (χ2n) is 4.16. The molecule has 1 atom stereocenters. The van der Waals surface area contributed by atoms with Gasteiger partial charge in [0, 0.05) is 15.5 Å². The zero-order chi connectivity index (χ0) is 15.7. The molecule has 114 valence electrons. The topological polar surface area (TPSA) is 26.0 Å². The summed E-state index contributed by atoms with van der Waals surface area (Å²) < 4.78 is 75.5. The predicted octanol–water partition coefficient (Wildman–Crippen LogP) is 4.71. The Morgan fingerprint density at radius 2 is 1.60 bits per heavy atom. The molecule has 1 unspecified atom stereocenters. The highest BCUT2D eigenvalue weighted by molar-refractivity contribution is 9.10. The fraction of sp³-hybridized carbons (Fsp3) is 0.455. The largest absolute Gasteiger partial charge is 0.402 e. The molecule has 0 aliphatic heterocycles. The minimum atomic E-state index is -5.46. The Bertz CT molecular complexity index is 459. The molecule has 0 aliphatic carbocycles. The Labute approximate surface area is 124 Å². The maximum absolute atomic E-state index is 12.5. The standard InChI is InChI=1S/C11H9BrClF6N/c12-6-2-1-5(7(13)4-6)3-8(20)9(10(14,15)16)11(17,18)19/h1-2,4,8-9H,3,20H2. The fourth-order valence-electron chi connectivity index (χ4n) is 1.73. The average Bonchev–Trinajstić information content (AvgIpc) is 2.17. The SMILES string of the molecule is NC(Cc1ccc(Br)cc1Cl)C(C(F)(F)F)C(F)(F)F. The Kier molecular flexibility index (Phi) is 5.37. The van der Waals surface area contributed by atoms with E-state index in [1.165, 1.54) is 18.2 Å². The van der Waals surface area contributed by atoms with Gasteiger partial charge in [-0.1, -0.05) is 33.6 Å². The van der Waals surface area contributed by atoms with E-state index < -0.39 is 30.7 Å². The molecule has 0 amide bonds. The molecule has 1 rings (SSSR count). The molecule has 0 aromatic heterocycles. The first-order valence-electron chi connectivity index (χ1n) is 5.26. The van der Waals surface area contributed by atoms with E-state index in [4.69, 9.17) is 17.3 Å². The fourth-order valence-corrected chi connectivity index (χ4v) is 2.48. The Balaban J connectivity index is 3.00. The molecule has 20 heavy (non-hydrogen) atoms.